The third kappa shape index (κ3) is 3.30. The number of carbonyl (C=O) groups is 2. The molecule has 1 rings (SSSR count). The molecule has 0 radical (unpaired) electrons. The summed E-state index contributed by atoms with van der Waals surface area (Å²) in [5.41, 5.74) is 0.340. The van der Waals surface area contributed by atoms with Crippen molar-refractivity contribution < 1.29 is 14.3 Å². The molecule has 0 fully saturated rings. The highest BCUT2D eigenvalue weighted by Gasteiger charge is 2.10. The Balaban J connectivity index is 2.72. The van der Waals surface area contributed by atoms with Crippen LogP contribution in [0.2, 0.25) is 0 Å². The summed E-state index contributed by atoms with van der Waals surface area (Å²) in [5.74, 6) is -0.262. The lowest BCUT2D eigenvalue weighted by molar-refractivity contribution is -0.115. The Labute approximate surface area is 101 Å². The van der Waals surface area contributed by atoms with Gasteiger partial charge in [-0.1, -0.05) is 15.9 Å². The lowest BCUT2D eigenvalue weighted by Gasteiger charge is -2.05. The van der Waals surface area contributed by atoms with Crippen LogP contribution in [0, 0.1) is 0 Å². The van der Waals surface area contributed by atoms with Gasteiger partial charge in [0.05, 0.1) is 17.5 Å². The molecule has 1 amide bonds. The van der Waals surface area contributed by atoms with Crippen LogP contribution in [0.25, 0.3) is 0 Å². The van der Waals surface area contributed by atoms with E-state index in [1.165, 1.54) is 19.4 Å². The molecule has 1 unspecified atom stereocenters. The van der Waals surface area contributed by atoms with E-state index in [2.05, 4.69) is 31.0 Å². The summed E-state index contributed by atoms with van der Waals surface area (Å²) in [6.45, 7) is 1.71. The number of aromatic nitrogens is 1. The second-order valence-electron chi connectivity index (χ2n) is 3.03. The van der Waals surface area contributed by atoms with Crippen molar-refractivity contribution in [1.82, 2.24) is 4.98 Å². The molecule has 1 N–H and O–H groups in total. The number of esters is 1. The lowest BCUT2D eigenvalue weighted by atomic mass is 10.3. The second kappa shape index (κ2) is 5.60. The molecule has 1 heterocycles. The molecule has 0 saturated heterocycles. The fourth-order valence-electron chi connectivity index (χ4n) is 0.932. The number of nitrogens with zero attached hydrogens (tertiary/aromatic N) is 1. The van der Waals surface area contributed by atoms with E-state index in [0.717, 1.165) is 0 Å². The number of ether oxygens (including phenoxy) is 1. The van der Waals surface area contributed by atoms with E-state index in [1.807, 2.05) is 0 Å². The summed E-state index contributed by atoms with van der Waals surface area (Å²) >= 11 is 3.13. The number of anilines is 1. The number of carbonyl (C=O) groups excluding carboxylic acids is 2. The molecular formula is C10H11BrN2O3. The van der Waals surface area contributed by atoms with E-state index in [1.54, 1.807) is 13.0 Å². The minimum atomic E-state index is -0.459. The van der Waals surface area contributed by atoms with Gasteiger partial charge >= 0.3 is 5.97 Å². The van der Waals surface area contributed by atoms with E-state index in [4.69, 9.17) is 0 Å². The number of alkyl halides is 1. The summed E-state index contributed by atoms with van der Waals surface area (Å²) in [5, 5.41) is 2.58. The topological polar surface area (TPSA) is 68.3 Å². The molecule has 0 spiro atoms. The zero-order chi connectivity index (χ0) is 12.1. The molecule has 0 aromatic carbocycles. The fraction of sp³-hybridized carbons (Fsp3) is 0.300. The Bertz CT molecular complexity index is 390. The van der Waals surface area contributed by atoms with Crippen molar-refractivity contribution in [3.63, 3.8) is 0 Å². The Morgan fingerprint density at radius 1 is 1.50 bits per heavy atom. The van der Waals surface area contributed by atoms with Gasteiger partial charge in [-0.3, -0.25) is 4.79 Å². The molecule has 16 heavy (non-hydrogen) atoms. The number of methoxy groups -OCH3 is 1. The van der Waals surface area contributed by atoms with Gasteiger partial charge in [-0.2, -0.15) is 0 Å². The molecule has 0 saturated carbocycles. The summed E-state index contributed by atoms with van der Waals surface area (Å²) in [6, 6.07) is 3.08. The third-order valence-corrected chi connectivity index (χ3v) is 2.21. The highest BCUT2D eigenvalue weighted by atomic mass is 79.9. The zero-order valence-electron chi connectivity index (χ0n) is 8.86. The van der Waals surface area contributed by atoms with Crippen LogP contribution in [0.4, 0.5) is 5.82 Å². The zero-order valence-corrected chi connectivity index (χ0v) is 10.4. The van der Waals surface area contributed by atoms with Crippen LogP contribution < -0.4 is 5.32 Å². The van der Waals surface area contributed by atoms with Gasteiger partial charge in [0.1, 0.15) is 5.82 Å². The minimum Gasteiger partial charge on any atom is -0.465 e. The smallest absolute Gasteiger partial charge is 0.339 e. The Morgan fingerprint density at radius 2 is 2.19 bits per heavy atom. The van der Waals surface area contributed by atoms with Crippen molar-refractivity contribution in [2.75, 3.05) is 12.4 Å². The van der Waals surface area contributed by atoms with Crippen LogP contribution in [0.3, 0.4) is 0 Å². The quantitative estimate of drug-likeness (QED) is 0.677. The standard InChI is InChI=1S/C10H11BrN2O3/c1-6(11)9(14)13-8-4-3-7(5-12-8)10(15)16-2/h3-6H,1-2H3,(H,12,13,14). The molecule has 86 valence electrons. The van der Waals surface area contributed by atoms with Crippen LogP contribution >= 0.6 is 15.9 Å². The van der Waals surface area contributed by atoms with Crippen molar-refractivity contribution in [2.24, 2.45) is 0 Å². The maximum Gasteiger partial charge on any atom is 0.339 e. The largest absolute Gasteiger partial charge is 0.465 e. The van der Waals surface area contributed by atoms with Crippen molar-refractivity contribution in [3.05, 3.63) is 23.9 Å². The minimum absolute atomic E-state index is 0.196. The van der Waals surface area contributed by atoms with Gasteiger partial charge in [-0.25, -0.2) is 9.78 Å². The second-order valence-corrected chi connectivity index (χ2v) is 4.40. The SMILES string of the molecule is COC(=O)c1ccc(NC(=O)C(C)Br)nc1. The number of hydrogen-bond donors (Lipinski definition) is 1. The van der Waals surface area contributed by atoms with Crippen molar-refractivity contribution in [1.29, 1.82) is 0 Å². The number of rotatable bonds is 3. The molecule has 1 aromatic heterocycles. The first kappa shape index (κ1) is 12.6. The number of nitrogens with one attached hydrogen (secondary N) is 1. The average molecular weight is 287 g/mol. The highest BCUT2D eigenvalue weighted by molar-refractivity contribution is 9.10. The van der Waals surface area contributed by atoms with Crippen LogP contribution in [0.15, 0.2) is 18.3 Å². The van der Waals surface area contributed by atoms with Crippen molar-refractivity contribution in [2.45, 2.75) is 11.8 Å². The fourth-order valence-corrected chi connectivity index (χ4v) is 1.05. The summed E-state index contributed by atoms with van der Waals surface area (Å²) in [6.07, 6.45) is 1.35. The maximum atomic E-state index is 11.3. The first-order valence-electron chi connectivity index (χ1n) is 4.54. The number of halogens is 1. The monoisotopic (exact) mass is 286 g/mol. The highest BCUT2D eigenvalue weighted by Crippen LogP contribution is 2.08. The van der Waals surface area contributed by atoms with E-state index < -0.39 is 5.97 Å². The molecule has 1 aromatic rings. The van der Waals surface area contributed by atoms with Gasteiger partial charge in [0.2, 0.25) is 5.91 Å². The van der Waals surface area contributed by atoms with Gasteiger partial charge in [-0.05, 0) is 19.1 Å². The molecule has 0 aliphatic heterocycles. The van der Waals surface area contributed by atoms with Crippen molar-refractivity contribution in [3.8, 4) is 0 Å². The molecule has 5 nitrogen and oxygen atoms in total. The third-order valence-electron chi connectivity index (χ3n) is 1.80. The summed E-state index contributed by atoms with van der Waals surface area (Å²) in [4.78, 5) is 26.0. The van der Waals surface area contributed by atoms with Gasteiger partial charge in [-0.15, -0.1) is 0 Å². The van der Waals surface area contributed by atoms with E-state index in [0.29, 0.717) is 11.4 Å². The van der Waals surface area contributed by atoms with Crippen LogP contribution in [-0.2, 0) is 9.53 Å². The average Bonchev–Trinajstić information content (AvgIpc) is 2.28. The number of hydrogen-bond acceptors (Lipinski definition) is 4. The molecule has 1 atom stereocenters. The van der Waals surface area contributed by atoms with Gasteiger partial charge in [0, 0.05) is 6.20 Å². The van der Waals surface area contributed by atoms with E-state index in [9.17, 15) is 9.59 Å². The van der Waals surface area contributed by atoms with E-state index in [-0.39, 0.29) is 10.7 Å². The Morgan fingerprint density at radius 3 is 2.62 bits per heavy atom. The lowest BCUT2D eigenvalue weighted by Crippen LogP contribution is -2.20. The van der Waals surface area contributed by atoms with Crippen molar-refractivity contribution >= 4 is 33.6 Å². The predicted octanol–water partition coefficient (Wildman–Crippen LogP) is 1.59. The summed E-state index contributed by atoms with van der Waals surface area (Å²) < 4.78 is 4.52. The van der Waals surface area contributed by atoms with E-state index >= 15 is 0 Å². The Hall–Kier alpha value is -1.43. The first-order valence-corrected chi connectivity index (χ1v) is 5.45. The molecular weight excluding hydrogens is 276 g/mol. The molecule has 0 aliphatic carbocycles. The van der Waals surface area contributed by atoms with Gasteiger partial charge < -0.3 is 10.1 Å². The molecule has 6 heteroatoms. The predicted molar refractivity (Wildman–Crippen MR) is 62.6 cm³/mol. The van der Waals surface area contributed by atoms with Crippen LogP contribution in [0.1, 0.15) is 17.3 Å². The maximum absolute atomic E-state index is 11.3. The van der Waals surface area contributed by atoms with Crippen LogP contribution in [-0.4, -0.2) is 28.8 Å². The summed E-state index contributed by atoms with van der Waals surface area (Å²) in [7, 11) is 1.30. The van der Waals surface area contributed by atoms with Gasteiger partial charge in [0.15, 0.2) is 0 Å². The number of pyridine rings is 1. The molecule has 0 aliphatic rings. The van der Waals surface area contributed by atoms with Crippen LogP contribution in [0.5, 0.6) is 0 Å². The number of amides is 1. The molecule has 0 bridgehead atoms. The van der Waals surface area contributed by atoms with Gasteiger partial charge in [0.25, 0.3) is 0 Å². The first-order chi connectivity index (χ1) is 7.54. The normalized spacial score (nSPS) is 11.7. The Kier molecular flexibility index (Phi) is 4.42.